The largest absolute Gasteiger partial charge is 0.477 e. The summed E-state index contributed by atoms with van der Waals surface area (Å²) in [7, 11) is 0. The number of amides is 1. The van der Waals surface area contributed by atoms with Crippen LogP contribution >= 0.6 is 11.6 Å². The molecule has 0 heterocycles. The molecule has 0 aliphatic carbocycles. The van der Waals surface area contributed by atoms with Gasteiger partial charge in [0.1, 0.15) is 17.2 Å². The minimum atomic E-state index is -4.62. The standard InChI is InChI=1S/C23H15ClF3NO4/c24-20-17(23(25,26)27)7-4-8-19(20)32-16-11-9-14(10-12-16)13-18(22(30)31)28-21(29)15-5-2-1-3-6-15/h1-13H,(H,28,29)(H,30,31). The number of halogens is 4. The van der Waals surface area contributed by atoms with Gasteiger partial charge >= 0.3 is 12.1 Å². The van der Waals surface area contributed by atoms with E-state index in [1.54, 1.807) is 30.3 Å². The minimum absolute atomic E-state index is 0.175. The predicted octanol–water partition coefficient (Wildman–Crippen LogP) is 6.01. The van der Waals surface area contributed by atoms with Crippen molar-refractivity contribution >= 4 is 29.6 Å². The molecule has 0 unspecified atom stereocenters. The molecule has 0 saturated carbocycles. The van der Waals surface area contributed by atoms with Gasteiger partial charge in [-0.3, -0.25) is 4.79 Å². The van der Waals surface area contributed by atoms with Crippen LogP contribution in [-0.4, -0.2) is 17.0 Å². The van der Waals surface area contributed by atoms with Gasteiger partial charge in [-0.2, -0.15) is 13.2 Å². The third kappa shape index (κ3) is 5.67. The van der Waals surface area contributed by atoms with Crippen molar-refractivity contribution < 1.29 is 32.6 Å². The number of aliphatic carboxylic acids is 1. The minimum Gasteiger partial charge on any atom is -0.477 e. The number of carboxylic acids is 1. The fourth-order valence-electron chi connectivity index (χ4n) is 2.67. The Morgan fingerprint density at radius 3 is 2.19 bits per heavy atom. The highest BCUT2D eigenvalue weighted by Crippen LogP contribution is 2.40. The van der Waals surface area contributed by atoms with Gasteiger partial charge in [0, 0.05) is 5.56 Å². The molecular formula is C23H15ClF3NO4. The van der Waals surface area contributed by atoms with Crippen LogP contribution in [0.1, 0.15) is 21.5 Å². The average molecular weight is 462 g/mol. The van der Waals surface area contributed by atoms with Crippen LogP contribution in [0.25, 0.3) is 6.08 Å². The first-order valence-electron chi connectivity index (χ1n) is 9.10. The van der Waals surface area contributed by atoms with Gasteiger partial charge in [-0.25, -0.2) is 4.79 Å². The molecule has 32 heavy (non-hydrogen) atoms. The molecule has 3 aromatic carbocycles. The summed E-state index contributed by atoms with van der Waals surface area (Å²) in [5.41, 5.74) is -0.662. The molecule has 0 atom stereocenters. The van der Waals surface area contributed by atoms with E-state index < -0.39 is 28.6 Å². The maximum absolute atomic E-state index is 13.0. The van der Waals surface area contributed by atoms with Crippen molar-refractivity contribution in [3.8, 4) is 11.5 Å². The Bertz CT molecular complexity index is 1160. The highest BCUT2D eigenvalue weighted by Gasteiger charge is 2.34. The lowest BCUT2D eigenvalue weighted by Crippen LogP contribution is -2.27. The van der Waals surface area contributed by atoms with E-state index in [1.807, 2.05) is 0 Å². The summed E-state index contributed by atoms with van der Waals surface area (Å²) in [5.74, 6) is -1.91. The van der Waals surface area contributed by atoms with E-state index in [4.69, 9.17) is 16.3 Å². The molecule has 0 aromatic heterocycles. The molecule has 3 aromatic rings. The summed E-state index contributed by atoms with van der Waals surface area (Å²) >= 11 is 5.82. The Labute approximate surface area is 185 Å². The zero-order chi connectivity index (χ0) is 23.3. The molecule has 0 aliphatic rings. The lowest BCUT2D eigenvalue weighted by atomic mass is 10.1. The number of ether oxygens (including phenoxy) is 1. The van der Waals surface area contributed by atoms with Gasteiger partial charge in [-0.15, -0.1) is 0 Å². The number of carbonyl (C=O) groups excluding carboxylic acids is 1. The Morgan fingerprint density at radius 1 is 0.938 bits per heavy atom. The van der Waals surface area contributed by atoms with E-state index in [0.717, 1.165) is 6.07 Å². The van der Waals surface area contributed by atoms with E-state index in [-0.39, 0.29) is 17.2 Å². The average Bonchev–Trinajstić information content (AvgIpc) is 2.75. The van der Waals surface area contributed by atoms with E-state index in [2.05, 4.69) is 5.32 Å². The number of benzene rings is 3. The molecule has 0 saturated heterocycles. The highest BCUT2D eigenvalue weighted by molar-refractivity contribution is 6.32. The highest BCUT2D eigenvalue weighted by atomic mass is 35.5. The summed E-state index contributed by atoms with van der Waals surface area (Å²) in [6.07, 6.45) is -3.38. The normalized spacial score (nSPS) is 11.7. The maximum Gasteiger partial charge on any atom is 0.417 e. The van der Waals surface area contributed by atoms with Gasteiger partial charge in [-0.05, 0) is 48.0 Å². The Morgan fingerprint density at radius 2 is 1.59 bits per heavy atom. The van der Waals surface area contributed by atoms with Crippen LogP contribution in [0.2, 0.25) is 5.02 Å². The molecule has 0 fully saturated rings. The molecule has 0 radical (unpaired) electrons. The van der Waals surface area contributed by atoms with E-state index >= 15 is 0 Å². The second-order valence-corrected chi connectivity index (χ2v) is 6.85. The third-order valence-corrected chi connectivity index (χ3v) is 4.59. The van der Waals surface area contributed by atoms with Crippen molar-refractivity contribution in [3.05, 3.63) is 100 Å². The topological polar surface area (TPSA) is 75.6 Å². The molecule has 3 rings (SSSR count). The van der Waals surface area contributed by atoms with Crippen LogP contribution < -0.4 is 10.1 Å². The number of rotatable bonds is 6. The smallest absolute Gasteiger partial charge is 0.417 e. The van der Waals surface area contributed by atoms with Crippen molar-refractivity contribution in [2.45, 2.75) is 6.18 Å². The van der Waals surface area contributed by atoms with Crippen LogP contribution in [0, 0.1) is 0 Å². The van der Waals surface area contributed by atoms with Crippen molar-refractivity contribution in [2.75, 3.05) is 0 Å². The summed E-state index contributed by atoms with van der Waals surface area (Å²) < 4.78 is 44.4. The van der Waals surface area contributed by atoms with Gasteiger partial charge in [0.15, 0.2) is 0 Å². The molecule has 1 amide bonds. The van der Waals surface area contributed by atoms with Gasteiger partial charge < -0.3 is 15.2 Å². The fraction of sp³-hybridized carbons (Fsp3) is 0.0435. The van der Waals surface area contributed by atoms with Crippen LogP contribution in [0.5, 0.6) is 11.5 Å². The quantitative estimate of drug-likeness (QED) is 0.441. The number of carboxylic acid groups (broad SMARTS) is 1. The number of hydrogen-bond donors (Lipinski definition) is 2. The molecule has 5 nitrogen and oxygen atoms in total. The second-order valence-electron chi connectivity index (χ2n) is 6.47. The van der Waals surface area contributed by atoms with Crippen molar-refractivity contribution in [2.24, 2.45) is 0 Å². The lowest BCUT2D eigenvalue weighted by molar-refractivity contribution is -0.137. The Balaban J connectivity index is 1.78. The molecule has 9 heteroatoms. The number of hydrogen-bond acceptors (Lipinski definition) is 3. The number of alkyl halides is 3. The Hall–Kier alpha value is -3.78. The van der Waals surface area contributed by atoms with E-state index in [0.29, 0.717) is 11.1 Å². The second kappa shape index (κ2) is 9.57. The Kier molecular flexibility index (Phi) is 6.85. The summed E-state index contributed by atoms with van der Waals surface area (Å²) in [4.78, 5) is 23.7. The van der Waals surface area contributed by atoms with E-state index in [9.17, 15) is 27.9 Å². The van der Waals surface area contributed by atoms with Crippen molar-refractivity contribution in [1.29, 1.82) is 0 Å². The zero-order valence-electron chi connectivity index (χ0n) is 16.2. The van der Waals surface area contributed by atoms with E-state index in [1.165, 1.54) is 42.5 Å². The fourth-order valence-corrected chi connectivity index (χ4v) is 2.94. The monoisotopic (exact) mass is 461 g/mol. The van der Waals surface area contributed by atoms with Gasteiger partial charge in [0.05, 0.1) is 10.6 Å². The van der Waals surface area contributed by atoms with Gasteiger partial charge in [0.25, 0.3) is 5.91 Å². The van der Waals surface area contributed by atoms with Gasteiger partial charge in [-0.1, -0.05) is 48.0 Å². The third-order valence-electron chi connectivity index (χ3n) is 4.20. The van der Waals surface area contributed by atoms with Crippen molar-refractivity contribution in [3.63, 3.8) is 0 Å². The molecule has 0 aliphatic heterocycles. The molecule has 0 bridgehead atoms. The molecule has 164 valence electrons. The van der Waals surface area contributed by atoms with Crippen LogP contribution in [0.4, 0.5) is 13.2 Å². The first kappa shape index (κ1) is 22.9. The van der Waals surface area contributed by atoms with Crippen LogP contribution in [0.15, 0.2) is 78.5 Å². The van der Waals surface area contributed by atoms with Crippen LogP contribution in [-0.2, 0) is 11.0 Å². The zero-order valence-corrected chi connectivity index (χ0v) is 16.9. The maximum atomic E-state index is 13.0. The molecule has 0 spiro atoms. The predicted molar refractivity (Wildman–Crippen MR) is 112 cm³/mol. The summed E-state index contributed by atoms with van der Waals surface area (Å²) in [5, 5.41) is 11.1. The van der Waals surface area contributed by atoms with Crippen molar-refractivity contribution in [1.82, 2.24) is 5.32 Å². The van der Waals surface area contributed by atoms with Gasteiger partial charge in [0.2, 0.25) is 0 Å². The number of nitrogens with one attached hydrogen (secondary N) is 1. The number of carbonyl (C=O) groups is 2. The summed E-state index contributed by atoms with van der Waals surface area (Å²) in [6.45, 7) is 0. The first-order chi connectivity index (χ1) is 15.1. The first-order valence-corrected chi connectivity index (χ1v) is 9.48. The molecular weight excluding hydrogens is 447 g/mol. The summed E-state index contributed by atoms with van der Waals surface area (Å²) in [6, 6.07) is 17.2. The lowest BCUT2D eigenvalue weighted by Gasteiger charge is -2.13. The van der Waals surface area contributed by atoms with Crippen LogP contribution in [0.3, 0.4) is 0 Å². The SMILES string of the molecule is O=C(O)C(=Cc1ccc(Oc2cccc(C(F)(F)F)c2Cl)cc1)NC(=O)c1ccccc1. The molecule has 2 N–H and O–H groups in total.